The lowest BCUT2D eigenvalue weighted by atomic mass is 9.78. The van der Waals surface area contributed by atoms with Crippen LogP contribution in [-0.2, 0) is 6.54 Å². The van der Waals surface area contributed by atoms with Gasteiger partial charge in [-0.15, -0.1) is 0 Å². The molecule has 1 aromatic heterocycles. The lowest BCUT2D eigenvalue weighted by Gasteiger charge is -2.43. The Balaban J connectivity index is 1.73. The molecule has 0 amide bonds. The van der Waals surface area contributed by atoms with Gasteiger partial charge in [0.2, 0.25) is 0 Å². The quantitative estimate of drug-likeness (QED) is 0.919. The number of carbonyl (C=O) groups is 1. The molecule has 0 unspecified atom stereocenters. The van der Waals surface area contributed by atoms with E-state index in [0.29, 0.717) is 17.4 Å². The maximum atomic E-state index is 11.1. The first-order chi connectivity index (χ1) is 9.65. The largest absolute Gasteiger partial charge is 0.478 e. The summed E-state index contributed by atoms with van der Waals surface area (Å²) in [5, 5.41) is 9.10. The van der Waals surface area contributed by atoms with Gasteiger partial charge in [0, 0.05) is 6.04 Å². The van der Waals surface area contributed by atoms with Crippen molar-refractivity contribution in [3.8, 4) is 0 Å². The first-order valence-corrected chi connectivity index (χ1v) is 7.72. The van der Waals surface area contributed by atoms with Gasteiger partial charge in [0.25, 0.3) is 0 Å². The van der Waals surface area contributed by atoms with E-state index in [2.05, 4.69) is 4.90 Å². The molecular formula is C16H23NO3. The zero-order valence-electron chi connectivity index (χ0n) is 12.1. The Morgan fingerprint density at radius 3 is 2.85 bits per heavy atom. The summed E-state index contributed by atoms with van der Waals surface area (Å²) in [5.74, 6) is 1.26. The molecule has 1 N–H and O–H groups in total. The average Bonchev–Trinajstić information content (AvgIpc) is 2.80. The van der Waals surface area contributed by atoms with Crippen molar-refractivity contribution >= 4 is 5.97 Å². The molecular weight excluding hydrogens is 254 g/mol. The summed E-state index contributed by atoms with van der Waals surface area (Å²) in [6, 6.07) is 2.38. The number of rotatable bonds is 3. The van der Waals surface area contributed by atoms with Crippen molar-refractivity contribution in [2.45, 2.75) is 58.0 Å². The van der Waals surface area contributed by atoms with E-state index in [4.69, 9.17) is 9.52 Å². The number of hydrogen-bond donors (Lipinski definition) is 1. The van der Waals surface area contributed by atoms with E-state index in [0.717, 1.165) is 24.8 Å². The zero-order chi connectivity index (χ0) is 14.1. The summed E-state index contributed by atoms with van der Waals surface area (Å²) >= 11 is 0. The Kier molecular flexibility index (Phi) is 3.83. The maximum Gasteiger partial charge on any atom is 0.339 e. The molecule has 2 fully saturated rings. The molecule has 1 aliphatic heterocycles. The highest BCUT2D eigenvalue weighted by Crippen LogP contribution is 2.36. The lowest BCUT2D eigenvalue weighted by molar-refractivity contribution is 0.0493. The minimum absolute atomic E-state index is 0.303. The highest BCUT2D eigenvalue weighted by molar-refractivity contribution is 5.88. The second kappa shape index (κ2) is 5.60. The fourth-order valence-electron chi connectivity index (χ4n) is 3.96. The fourth-order valence-corrected chi connectivity index (χ4v) is 3.96. The topological polar surface area (TPSA) is 53.7 Å². The third-order valence-electron chi connectivity index (χ3n) is 4.92. The molecule has 3 rings (SSSR count). The van der Waals surface area contributed by atoms with Crippen LogP contribution in [0.5, 0.6) is 0 Å². The molecule has 1 saturated heterocycles. The van der Waals surface area contributed by atoms with Crippen LogP contribution in [0.4, 0.5) is 0 Å². The second-order valence-electron chi connectivity index (χ2n) is 6.21. The predicted octanol–water partition coefficient (Wildman–Crippen LogP) is 3.44. The van der Waals surface area contributed by atoms with Gasteiger partial charge < -0.3 is 9.52 Å². The van der Waals surface area contributed by atoms with E-state index in [-0.39, 0.29) is 0 Å². The van der Waals surface area contributed by atoms with Crippen LogP contribution in [0.3, 0.4) is 0 Å². The number of furan rings is 1. The highest BCUT2D eigenvalue weighted by atomic mass is 16.4. The molecule has 0 aromatic carbocycles. The van der Waals surface area contributed by atoms with Gasteiger partial charge in [-0.25, -0.2) is 4.79 Å². The Bertz CT molecular complexity index is 492. The molecule has 1 aliphatic carbocycles. The number of carboxylic acid groups (broad SMARTS) is 1. The van der Waals surface area contributed by atoms with E-state index < -0.39 is 5.97 Å². The number of nitrogens with zero attached hydrogens (tertiary/aromatic N) is 1. The fraction of sp³-hybridized carbons (Fsp3) is 0.688. The minimum Gasteiger partial charge on any atom is -0.478 e. The van der Waals surface area contributed by atoms with Gasteiger partial charge in [0.05, 0.1) is 6.54 Å². The van der Waals surface area contributed by atoms with Crippen LogP contribution >= 0.6 is 0 Å². The molecule has 110 valence electrons. The Labute approximate surface area is 119 Å². The molecule has 2 atom stereocenters. The molecule has 2 heterocycles. The number of likely N-dealkylation sites (tertiary alicyclic amines) is 1. The summed E-state index contributed by atoms with van der Waals surface area (Å²) in [6.45, 7) is 3.60. The van der Waals surface area contributed by atoms with Crippen LogP contribution in [0.15, 0.2) is 10.5 Å². The monoisotopic (exact) mass is 277 g/mol. The van der Waals surface area contributed by atoms with Crippen molar-refractivity contribution < 1.29 is 14.3 Å². The van der Waals surface area contributed by atoms with Crippen LogP contribution in [0.25, 0.3) is 0 Å². The van der Waals surface area contributed by atoms with Crippen LogP contribution < -0.4 is 0 Å². The normalized spacial score (nSPS) is 27.2. The van der Waals surface area contributed by atoms with Gasteiger partial charge in [-0.1, -0.05) is 12.8 Å². The van der Waals surface area contributed by atoms with Gasteiger partial charge in [0.1, 0.15) is 17.1 Å². The molecule has 0 radical (unpaired) electrons. The zero-order valence-corrected chi connectivity index (χ0v) is 12.1. The number of carboxylic acids is 1. The summed E-state index contributed by atoms with van der Waals surface area (Å²) in [7, 11) is 0. The highest BCUT2D eigenvalue weighted by Gasteiger charge is 2.33. The van der Waals surface area contributed by atoms with Crippen molar-refractivity contribution in [2.24, 2.45) is 5.92 Å². The number of piperidine rings is 1. The number of fused-ring (bicyclic) bond motifs is 1. The Morgan fingerprint density at radius 1 is 1.35 bits per heavy atom. The lowest BCUT2D eigenvalue weighted by Crippen LogP contribution is -2.46. The predicted molar refractivity (Wildman–Crippen MR) is 75.8 cm³/mol. The smallest absolute Gasteiger partial charge is 0.339 e. The Hall–Kier alpha value is -1.29. The molecule has 0 spiro atoms. The summed E-state index contributed by atoms with van der Waals surface area (Å²) in [5.41, 5.74) is 0.303. The second-order valence-corrected chi connectivity index (χ2v) is 6.21. The molecule has 20 heavy (non-hydrogen) atoms. The first-order valence-electron chi connectivity index (χ1n) is 7.72. The van der Waals surface area contributed by atoms with E-state index in [1.165, 1.54) is 38.5 Å². The third-order valence-corrected chi connectivity index (χ3v) is 4.92. The number of aromatic carboxylic acids is 1. The van der Waals surface area contributed by atoms with Gasteiger partial charge in [-0.2, -0.15) is 0 Å². The van der Waals surface area contributed by atoms with Gasteiger partial charge in [0.15, 0.2) is 0 Å². The van der Waals surface area contributed by atoms with Crippen LogP contribution in [0.1, 0.15) is 60.4 Å². The summed E-state index contributed by atoms with van der Waals surface area (Å²) < 4.78 is 5.64. The van der Waals surface area contributed by atoms with Crippen molar-refractivity contribution in [3.63, 3.8) is 0 Å². The molecule has 1 aromatic rings. The summed E-state index contributed by atoms with van der Waals surface area (Å²) in [6.07, 6.45) is 7.97. The molecule has 4 heteroatoms. The standard InChI is InChI=1S/C16H23NO3/c1-11-14(16(18)19)9-13(20-11)10-17-8-4-6-12-5-2-3-7-15(12)17/h9,12,15H,2-8,10H2,1H3,(H,18,19)/t12-,15-/m1/s1. The van der Waals surface area contributed by atoms with Crippen molar-refractivity contribution in [3.05, 3.63) is 23.2 Å². The van der Waals surface area contributed by atoms with E-state index >= 15 is 0 Å². The first kappa shape index (κ1) is 13.7. The summed E-state index contributed by atoms with van der Waals surface area (Å²) in [4.78, 5) is 13.6. The van der Waals surface area contributed by atoms with Crippen LogP contribution in [-0.4, -0.2) is 28.6 Å². The SMILES string of the molecule is Cc1oc(CN2CCC[C@H]3CCCC[C@H]32)cc1C(=O)O. The average molecular weight is 277 g/mol. The van der Waals surface area contributed by atoms with E-state index in [1.54, 1.807) is 13.0 Å². The molecule has 2 aliphatic rings. The van der Waals surface area contributed by atoms with Crippen molar-refractivity contribution in [1.29, 1.82) is 0 Å². The molecule has 0 bridgehead atoms. The third kappa shape index (κ3) is 2.62. The van der Waals surface area contributed by atoms with Gasteiger partial charge >= 0.3 is 5.97 Å². The number of hydrogen-bond acceptors (Lipinski definition) is 3. The van der Waals surface area contributed by atoms with Gasteiger partial charge in [-0.05, 0) is 51.1 Å². The minimum atomic E-state index is -0.897. The van der Waals surface area contributed by atoms with Gasteiger partial charge in [-0.3, -0.25) is 4.90 Å². The number of aryl methyl sites for hydroxylation is 1. The molecule has 1 saturated carbocycles. The van der Waals surface area contributed by atoms with E-state index in [9.17, 15) is 4.79 Å². The van der Waals surface area contributed by atoms with Crippen molar-refractivity contribution in [2.75, 3.05) is 6.54 Å². The van der Waals surface area contributed by atoms with E-state index in [1.807, 2.05) is 0 Å². The van der Waals surface area contributed by atoms with Crippen molar-refractivity contribution in [1.82, 2.24) is 4.90 Å². The maximum absolute atomic E-state index is 11.1. The van der Waals surface area contributed by atoms with Crippen LogP contribution in [0.2, 0.25) is 0 Å². The Morgan fingerprint density at radius 2 is 2.10 bits per heavy atom. The molecule has 4 nitrogen and oxygen atoms in total. The van der Waals surface area contributed by atoms with Crippen LogP contribution in [0, 0.1) is 12.8 Å².